The number of aryl methyl sites for hydroxylation is 1. The van der Waals surface area contributed by atoms with Crippen LogP contribution < -0.4 is 4.74 Å². The van der Waals surface area contributed by atoms with Crippen LogP contribution in [0, 0.1) is 6.92 Å². The van der Waals surface area contributed by atoms with Crippen molar-refractivity contribution in [2.24, 2.45) is 0 Å². The van der Waals surface area contributed by atoms with Crippen molar-refractivity contribution in [1.82, 2.24) is 14.9 Å². The molecular weight excluding hydrogens is 242 g/mol. The summed E-state index contributed by atoms with van der Waals surface area (Å²) < 4.78 is 5.45. The molecule has 1 aromatic heterocycles. The van der Waals surface area contributed by atoms with Gasteiger partial charge >= 0.3 is 0 Å². The molecule has 0 spiro atoms. The van der Waals surface area contributed by atoms with Gasteiger partial charge < -0.3 is 9.64 Å². The molecule has 1 amide bonds. The van der Waals surface area contributed by atoms with Crippen LogP contribution in [-0.2, 0) is 4.79 Å². The van der Waals surface area contributed by atoms with Gasteiger partial charge in [0.15, 0.2) is 6.61 Å². The molecule has 0 radical (unpaired) electrons. The third kappa shape index (κ3) is 3.66. The third-order valence-corrected chi connectivity index (χ3v) is 3.54. The predicted molar refractivity (Wildman–Crippen MR) is 71.9 cm³/mol. The minimum absolute atomic E-state index is 0.0582. The summed E-state index contributed by atoms with van der Waals surface area (Å²) in [6.45, 7) is 4.91. The molecule has 1 saturated heterocycles. The van der Waals surface area contributed by atoms with Gasteiger partial charge in [-0.1, -0.05) is 6.92 Å². The number of likely N-dealkylation sites (tertiary alicyclic amines) is 1. The van der Waals surface area contributed by atoms with E-state index < -0.39 is 0 Å². The summed E-state index contributed by atoms with van der Waals surface area (Å²) >= 11 is 0. The van der Waals surface area contributed by atoms with Crippen LogP contribution in [0.5, 0.6) is 5.88 Å². The number of ether oxygens (including phenoxy) is 1. The van der Waals surface area contributed by atoms with Crippen LogP contribution in [0.15, 0.2) is 12.4 Å². The van der Waals surface area contributed by atoms with Gasteiger partial charge in [-0.2, -0.15) is 0 Å². The van der Waals surface area contributed by atoms with Crippen LogP contribution in [0.3, 0.4) is 0 Å². The molecule has 0 aliphatic carbocycles. The summed E-state index contributed by atoms with van der Waals surface area (Å²) in [5.74, 6) is 0.522. The smallest absolute Gasteiger partial charge is 0.260 e. The molecule has 104 valence electrons. The minimum atomic E-state index is 0.0582. The molecule has 5 heteroatoms. The van der Waals surface area contributed by atoms with E-state index >= 15 is 0 Å². The summed E-state index contributed by atoms with van der Waals surface area (Å²) in [5.41, 5.74) is 0.835. The summed E-state index contributed by atoms with van der Waals surface area (Å²) in [4.78, 5) is 22.1. The normalized spacial score (nSPS) is 19.3. The van der Waals surface area contributed by atoms with Crippen LogP contribution in [0.2, 0.25) is 0 Å². The zero-order chi connectivity index (χ0) is 13.7. The maximum atomic E-state index is 12.2. The van der Waals surface area contributed by atoms with Gasteiger partial charge in [0.1, 0.15) is 6.33 Å². The maximum Gasteiger partial charge on any atom is 0.260 e. The Hall–Kier alpha value is -1.65. The second-order valence-electron chi connectivity index (χ2n) is 4.93. The fraction of sp³-hybridized carbons (Fsp3) is 0.643. The van der Waals surface area contributed by atoms with Gasteiger partial charge in [-0.15, -0.1) is 0 Å². The number of hydrogen-bond acceptors (Lipinski definition) is 4. The van der Waals surface area contributed by atoms with E-state index in [1.165, 1.54) is 12.7 Å². The largest absolute Gasteiger partial charge is 0.467 e. The van der Waals surface area contributed by atoms with Gasteiger partial charge in [0.05, 0.1) is 0 Å². The van der Waals surface area contributed by atoms with Gasteiger partial charge in [0, 0.05) is 24.3 Å². The van der Waals surface area contributed by atoms with Gasteiger partial charge in [-0.3, -0.25) is 4.79 Å². The molecule has 0 N–H and O–H groups in total. The Morgan fingerprint density at radius 2 is 2.32 bits per heavy atom. The number of amides is 1. The lowest BCUT2D eigenvalue weighted by molar-refractivity contribution is -0.137. The molecule has 1 fully saturated rings. The number of piperidine rings is 1. The molecule has 5 nitrogen and oxygen atoms in total. The lowest BCUT2D eigenvalue weighted by atomic mass is 10.00. The monoisotopic (exact) mass is 263 g/mol. The van der Waals surface area contributed by atoms with Crippen LogP contribution >= 0.6 is 0 Å². The van der Waals surface area contributed by atoms with Crippen LogP contribution in [0.1, 0.15) is 38.3 Å². The van der Waals surface area contributed by atoms with E-state index in [9.17, 15) is 4.79 Å². The number of rotatable bonds is 4. The summed E-state index contributed by atoms with van der Waals surface area (Å²) in [5, 5.41) is 0. The van der Waals surface area contributed by atoms with Crippen molar-refractivity contribution in [3.05, 3.63) is 18.1 Å². The molecule has 0 bridgehead atoms. The van der Waals surface area contributed by atoms with E-state index in [1.54, 1.807) is 6.07 Å². The molecule has 1 aliphatic rings. The highest BCUT2D eigenvalue weighted by Gasteiger charge is 2.25. The maximum absolute atomic E-state index is 12.2. The van der Waals surface area contributed by atoms with Gasteiger partial charge in [-0.05, 0) is 32.6 Å². The molecule has 1 aromatic rings. The Labute approximate surface area is 114 Å². The number of hydrogen-bond donors (Lipinski definition) is 0. The van der Waals surface area contributed by atoms with Gasteiger partial charge in [-0.25, -0.2) is 9.97 Å². The Morgan fingerprint density at radius 1 is 1.47 bits per heavy atom. The number of nitrogens with zero attached hydrogens (tertiary/aromatic N) is 3. The van der Waals surface area contributed by atoms with E-state index in [4.69, 9.17) is 4.74 Å². The first-order valence-corrected chi connectivity index (χ1v) is 6.91. The Morgan fingerprint density at radius 3 is 3.05 bits per heavy atom. The van der Waals surface area contributed by atoms with Crippen LogP contribution in [-0.4, -0.2) is 40.0 Å². The average Bonchev–Trinajstić information content (AvgIpc) is 2.45. The Bertz CT molecular complexity index is 436. The van der Waals surface area contributed by atoms with Crippen molar-refractivity contribution >= 4 is 5.91 Å². The fourth-order valence-corrected chi connectivity index (χ4v) is 2.48. The molecule has 19 heavy (non-hydrogen) atoms. The van der Waals surface area contributed by atoms with Crippen molar-refractivity contribution in [1.29, 1.82) is 0 Å². The predicted octanol–water partition coefficient (Wildman–Crippen LogP) is 1.95. The highest BCUT2D eigenvalue weighted by atomic mass is 16.5. The van der Waals surface area contributed by atoms with E-state index in [0.717, 1.165) is 31.5 Å². The Balaban J connectivity index is 1.89. The van der Waals surface area contributed by atoms with E-state index in [0.29, 0.717) is 11.9 Å². The summed E-state index contributed by atoms with van der Waals surface area (Å²) in [6, 6.07) is 2.11. The molecule has 0 aromatic carbocycles. The van der Waals surface area contributed by atoms with Crippen molar-refractivity contribution in [2.75, 3.05) is 13.2 Å². The fourth-order valence-electron chi connectivity index (χ4n) is 2.48. The topological polar surface area (TPSA) is 55.3 Å². The molecule has 1 aliphatic heterocycles. The zero-order valence-corrected chi connectivity index (χ0v) is 11.6. The second kappa shape index (κ2) is 6.50. The third-order valence-electron chi connectivity index (χ3n) is 3.54. The summed E-state index contributed by atoms with van der Waals surface area (Å²) in [7, 11) is 0. The highest BCUT2D eigenvalue weighted by molar-refractivity contribution is 5.78. The Kier molecular flexibility index (Phi) is 4.71. The molecule has 2 rings (SSSR count). The number of carbonyl (C=O) groups excluding carboxylic acids is 1. The SMILES string of the molecule is CCC1CCCCN1C(=O)COc1cc(C)ncn1. The first-order valence-electron chi connectivity index (χ1n) is 6.91. The van der Waals surface area contributed by atoms with Crippen molar-refractivity contribution in [3.63, 3.8) is 0 Å². The van der Waals surface area contributed by atoms with E-state index in [-0.39, 0.29) is 12.5 Å². The first kappa shape index (κ1) is 13.8. The first-order chi connectivity index (χ1) is 9.20. The molecule has 2 heterocycles. The zero-order valence-electron chi connectivity index (χ0n) is 11.6. The average molecular weight is 263 g/mol. The standard InChI is InChI=1S/C14H21N3O2/c1-3-12-6-4-5-7-17(12)14(18)9-19-13-8-11(2)15-10-16-13/h8,10,12H,3-7,9H2,1-2H3. The second-order valence-corrected chi connectivity index (χ2v) is 4.93. The lowest BCUT2D eigenvalue weighted by Crippen LogP contribution is -2.45. The van der Waals surface area contributed by atoms with E-state index in [1.807, 2.05) is 11.8 Å². The summed E-state index contributed by atoms with van der Waals surface area (Å²) in [6.07, 6.45) is 5.88. The highest BCUT2D eigenvalue weighted by Crippen LogP contribution is 2.19. The van der Waals surface area contributed by atoms with Crippen LogP contribution in [0.25, 0.3) is 0 Å². The lowest BCUT2D eigenvalue weighted by Gasteiger charge is -2.35. The van der Waals surface area contributed by atoms with Crippen molar-refractivity contribution < 1.29 is 9.53 Å². The quantitative estimate of drug-likeness (QED) is 0.833. The van der Waals surface area contributed by atoms with E-state index in [2.05, 4.69) is 16.9 Å². The molecule has 1 atom stereocenters. The molecule has 1 unspecified atom stereocenters. The molecule has 0 saturated carbocycles. The van der Waals surface area contributed by atoms with Crippen molar-refractivity contribution in [3.8, 4) is 5.88 Å². The van der Waals surface area contributed by atoms with Gasteiger partial charge in [0.2, 0.25) is 5.88 Å². The minimum Gasteiger partial charge on any atom is -0.467 e. The number of aromatic nitrogens is 2. The van der Waals surface area contributed by atoms with Gasteiger partial charge in [0.25, 0.3) is 5.91 Å². The number of carbonyl (C=O) groups is 1. The molecular formula is C14H21N3O2. The van der Waals surface area contributed by atoms with Crippen LogP contribution in [0.4, 0.5) is 0 Å². The van der Waals surface area contributed by atoms with Crippen molar-refractivity contribution in [2.45, 2.75) is 45.6 Å².